The summed E-state index contributed by atoms with van der Waals surface area (Å²) in [5.74, 6) is 2.50. The molecule has 4 fully saturated rings. The fraction of sp³-hybridized carbons (Fsp3) is 0.558. The highest BCUT2D eigenvalue weighted by atomic mass is 32.2. The van der Waals surface area contributed by atoms with E-state index in [1.165, 1.54) is 28.5 Å². The Morgan fingerprint density at radius 2 is 1.57 bits per heavy atom. The number of aromatic nitrogens is 4. The minimum absolute atomic E-state index is 0.0437. The number of aromatic amines is 2. The summed E-state index contributed by atoms with van der Waals surface area (Å²) in [6.45, 7) is 8.93. The maximum atomic E-state index is 14.9. The Morgan fingerprint density at radius 3 is 2.29 bits per heavy atom. The van der Waals surface area contributed by atoms with Gasteiger partial charge in [0.05, 0.1) is 30.1 Å². The van der Waals surface area contributed by atoms with Crippen molar-refractivity contribution in [2.45, 2.75) is 68.3 Å². The van der Waals surface area contributed by atoms with Crippen LogP contribution in [0.1, 0.15) is 68.7 Å². The van der Waals surface area contributed by atoms with Crippen LogP contribution in [0.25, 0.3) is 16.6 Å². The Morgan fingerprint density at radius 1 is 0.845 bits per heavy atom. The van der Waals surface area contributed by atoms with Gasteiger partial charge in [0.2, 0.25) is 5.91 Å². The van der Waals surface area contributed by atoms with Crippen molar-refractivity contribution in [1.29, 1.82) is 0 Å². The SMILES string of the molecule is O=C(CN1CCC(SCc2nc3cc(OCC4CCOCC4)cc(F)c3c(=O)[nH]2)CC1)N1CCC(CN2CCC(c3ccc(-n4ccc(=O)[nH]c4=O)cc3)CC2)CC1. The van der Waals surface area contributed by atoms with Gasteiger partial charge in [-0.15, -0.1) is 0 Å². The third-order valence-corrected chi connectivity index (χ3v) is 13.9. The molecule has 0 atom stereocenters. The first-order valence-electron chi connectivity index (χ1n) is 20.9. The van der Waals surface area contributed by atoms with Crippen molar-refractivity contribution in [3.63, 3.8) is 0 Å². The first kappa shape index (κ1) is 40.5. The number of hydrogen-bond donors (Lipinski definition) is 2. The number of nitrogens with zero attached hydrogens (tertiary/aromatic N) is 5. The molecule has 58 heavy (non-hydrogen) atoms. The van der Waals surface area contributed by atoms with Crippen molar-refractivity contribution in [2.24, 2.45) is 11.8 Å². The lowest BCUT2D eigenvalue weighted by Crippen LogP contribution is -2.47. The number of H-pyrrole nitrogens is 2. The molecule has 4 saturated heterocycles. The van der Waals surface area contributed by atoms with Gasteiger partial charge < -0.3 is 24.3 Å². The number of nitrogens with one attached hydrogen (secondary N) is 2. The second-order valence-electron chi connectivity index (χ2n) is 16.4. The summed E-state index contributed by atoms with van der Waals surface area (Å²) in [5, 5.41) is 0.346. The number of amides is 1. The molecular formula is C43H54FN7O6S. The van der Waals surface area contributed by atoms with Gasteiger partial charge in [0, 0.05) is 62.5 Å². The first-order chi connectivity index (χ1) is 28.2. The number of benzene rings is 2. The third-order valence-electron chi connectivity index (χ3n) is 12.5. The van der Waals surface area contributed by atoms with Gasteiger partial charge in [-0.05, 0) is 113 Å². The van der Waals surface area contributed by atoms with Crippen LogP contribution in [0.4, 0.5) is 4.39 Å². The molecule has 4 aromatic rings. The van der Waals surface area contributed by atoms with E-state index in [1.807, 2.05) is 12.1 Å². The lowest BCUT2D eigenvalue weighted by Gasteiger charge is -2.38. The summed E-state index contributed by atoms with van der Waals surface area (Å²) in [6.07, 6.45) is 9.53. The molecule has 2 aromatic heterocycles. The summed E-state index contributed by atoms with van der Waals surface area (Å²) in [5.41, 5.74) is 1.02. The summed E-state index contributed by atoms with van der Waals surface area (Å²) in [4.78, 5) is 66.3. The number of thioether (sulfide) groups is 1. The van der Waals surface area contributed by atoms with Crippen LogP contribution < -0.4 is 21.5 Å². The zero-order valence-electron chi connectivity index (χ0n) is 33.0. The number of ether oxygens (including phenoxy) is 2. The van der Waals surface area contributed by atoms with Crippen molar-refractivity contribution >= 4 is 28.6 Å². The summed E-state index contributed by atoms with van der Waals surface area (Å²) in [6, 6.07) is 12.4. The van der Waals surface area contributed by atoms with Gasteiger partial charge >= 0.3 is 5.69 Å². The van der Waals surface area contributed by atoms with Crippen LogP contribution in [0.15, 0.2) is 63.0 Å². The number of carbonyl (C=O) groups excluding carboxylic acids is 1. The maximum absolute atomic E-state index is 14.9. The predicted octanol–water partition coefficient (Wildman–Crippen LogP) is 4.52. The molecule has 0 saturated carbocycles. The Bertz CT molecular complexity index is 2200. The van der Waals surface area contributed by atoms with Crippen LogP contribution in [0.5, 0.6) is 5.75 Å². The molecule has 2 N–H and O–H groups in total. The molecule has 8 rings (SSSR count). The van der Waals surface area contributed by atoms with Crippen LogP contribution in [0.3, 0.4) is 0 Å². The Labute approximate surface area is 341 Å². The monoisotopic (exact) mass is 815 g/mol. The van der Waals surface area contributed by atoms with Crippen LogP contribution in [0, 0.1) is 17.7 Å². The molecule has 310 valence electrons. The number of likely N-dealkylation sites (tertiary alicyclic amines) is 3. The van der Waals surface area contributed by atoms with Crippen molar-refractivity contribution < 1.29 is 18.7 Å². The topological polar surface area (TPSA) is 146 Å². The third kappa shape index (κ3) is 10.1. The van der Waals surface area contributed by atoms with Gasteiger partial charge in [-0.3, -0.25) is 28.8 Å². The quantitative estimate of drug-likeness (QED) is 0.210. The van der Waals surface area contributed by atoms with E-state index in [1.54, 1.807) is 17.8 Å². The van der Waals surface area contributed by atoms with Gasteiger partial charge in [0.15, 0.2) is 0 Å². The van der Waals surface area contributed by atoms with Crippen molar-refractivity contribution in [2.75, 3.05) is 72.2 Å². The minimum Gasteiger partial charge on any atom is -0.493 e. The molecule has 13 nitrogen and oxygen atoms in total. The van der Waals surface area contributed by atoms with Crippen LogP contribution >= 0.6 is 11.8 Å². The molecule has 0 bridgehead atoms. The van der Waals surface area contributed by atoms with Crippen LogP contribution in [-0.4, -0.2) is 118 Å². The standard InChI is InChI=1S/C43H54FN7O6S/c44-36-23-34(57-27-30-12-21-56-22-13-30)24-37-41(36)42(54)46-38(45-37)28-58-35-9-16-49(17-10-35)26-40(53)50-18-5-29(6-19-50)25-48-14-7-32(8-15-48)31-1-3-33(4-2-31)51-20-11-39(52)47-43(51)55/h1-4,11,20,23-24,29-30,32,35H,5-10,12-19,21-22,25-28H2,(H,45,46,54)(H,47,52,55). The summed E-state index contributed by atoms with van der Waals surface area (Å²) >= 11 is 1.75. The Hall–Kier alpha value is -4.31. The van der Waals surface area contributed by atoms with Crippen molar-refractivity contribution in [1.82, 2.24) is 34.2 Å². The van der Waals surface area contributed by atoms with E-state index in [9.17, 15) is 23.6 Å². The predicted molar refractivity (Wildman–Crippen MR) is 222 cm³/mol. The van der Waals surface area contributed by atoms with Gasteiger partial charge in [0.1, 0.15) is 22.8 Å². The molecule has 0 unspecified atom stereocenters. The van der Waals surface area contributed by atoms with Gasteiger partial charge in [-0.1, -0.05) is 12.1 Å². The van der Waals surface area contributed by atoms with E-state index in [2.05, 4.69) is 41.8 Å². The van der Waals surface area contributed by atoms with Crippen LogP contribution in [-0.2, 0) is 15.3 Å². The number of carbonyl (C=O) groups is 1. The normalized spacial score (nSPS) is 19.8. The molecule has 4 aliphatic rings. The second kappa shape index (κ2) is 18.7. The fourth-order valence-corrected chi connectivity index (χ4v) is 10.0. The van der Waals surface area contributed by atoms with E-state index in [4.69, 9.17) is 9.47 Å². The molecule has 1 amide bonds. The van der Waals surface area contributed by atoms with Gasteiger partial charge in [0.25, 0.3) is 11.1 Å². The van der Waals surface area contributed by atoms with E-state index in [0.29, 0.717) is 72.2 Å². The summed E-state index contributed by atoms with van der Waals surface area (Å²) in [7, 11) is 0. The molecular weight excluding hydrogens is 762 g/mol. The molecule has 0 radical (unpaired) electrons. The van der Waals surface area contributed by atoms with E-state index < -0.39 is 22.6 Å². The molecule has 0 aliphatic carbocycles. The largest absolute Gasteiger partial charge is 0.493 e. The van der Waals surface area contributed by atoms with Gasteiger partial charge in [-0.25, -0.2) is 14.2 Å². The molecule has 6 heterocycles. The molecule has 15 heteroatoms. The number of rotatable bonds is 12. The molecule has 0 spiro atoms. The summed E-state index contributed by atoms with van der Waals surface area (Å²) < 4.78 is 27.7. The lowest BCUT2D eigenvalue weighted by atomic mass is 9.88. The highest BCUT2D eigenvalue weighted by molar-refractivity contribution is 7.99. The number of halogens is 1. The van der Waals surface area contributed by atoms with E-state index >= 15 is 0 Å². The zero-order valence-corrected chi connectivity index (χ0v) is 33.9. The Balaban J connectivity index is 0.727. The number of hydrogen-bond acceptors (Lipinski definition) is 10. The van der Waals surface area contributed by atoms with Crippen LogP contribution in [0.2, 0.25) is 0 Å². The second-order valence-corrected chi connectivity index (χ2v) is 17.7. The Kier molecular flexibility index (Phi) is 13.1. The smallest absolute Gasteiger partial charge is 0.332 e. The molecule has 4 aliphatic heterocycles. The lowest BCUT2D eigenvalue weighted by molar-refractivity contribution is -0.134. The average molecular weight is 816 g/mol. The zero-order chi connectivity index (χ0) is 40.0. The highest BCUT2D eigenvalue weighted by Crippen LogP contribution is 2.31. The average Bonchev–Trinajstić information content (AvgIpc) is 3.23. The fourth-order valence-electron chi connectivity index (χ4n) is 8.96. The van der Waals surface area contributed by atoms with Gasteiger partial charge in [-0.2, -0.15) is 11.8 Å². The number of fused-ring (bicyclic) bond motifs is 1. The van der Waals surface area contributed by atoms with Crippen molar-refractivity contribution in [3.8, 4) is 11.4 Å². The highest BCUT2D eigenvalue weighted by Gasteiger charge is 2.29. The molecule has 2 aromatic carbocycles. The van der Waals surface area contributed by atoms with Crippen molar-refractivity contribution in [3.05, 3.63) is 97.1 Å². The number of piperidine rings is 3. The first-order valence-corrected chi connectivity index (χ1v) is 22.0. The maximum Gasteiger partial charge on any atom is 0.332 e. The van der Waals surface area contributed by atoms with E-state index in [-0.39, 0.29) is 11.3 Å². The van der Waals surface area contributed by atoms with E-state index in [0.717, 1.165) is 103 Å². The minimum atomic E-state index is -0.626.